The van der Waals surface area contributed by atoms with Gasteiger partial charge in [-0.15, -0.1) is 0 Å². The first-order chi connectivity index (χ1) is 8.82. The van der Waals surface area contributed by atoms with Crippen molar-refractivity contribution < 1.29 is 8.78 Å². The van der Waals surface area contributed by atoms with Crippen molar-refractivity contribution in [2.75, 3.05) is 17.6 Å². The molecule has 1 aromatic rings. The highest BCUT2D eigenvalue weighted by Crippen LogP contribution is 2.30. The van der Waals surface area contributed by atoms with E-state index >= 15 is 0 Å². The molecule has 0 bridgehead atoms. The molecule has 0 fully saturated rings. The smallest absolute Gasteiger partial charge is 0.265 e. The van der Waals surface area contributed by atoms with Crippen LogP contribution in [-0.2, 0) is 0 Å². The summed E-state index contributed by atoms with van der Waals surface area (Å²) in [7, 11) is 0. The minimum atomic E-state index is -2.51. The Labute approximate surface area is 114 Å². The molecule has 0 radical (unpaired) electrons. The number of nitrogen functional groups attached to an aromatic ring is 1. The molecule has 1 aromatic carbocycles. The van der Waals surface area contributed by atoms with E-state index in [0.29, 0.717) is 35.7 Å². The van der Waals surface area contributed by atoms with Gasteiger partial charge < -0.3 is 11.1 Å². The fourth-order valence-corrected chi connectivity index (χ4v) is 2.39. The van der Waals surface area contributed by atoms with Crippen molar-refractivity contribution in [2.45, 2.75) is 34.1 Å². The van der Waals surface area contributed by atoms with Crippen LogP contribution in [0.2, 0.25) is 0 Å². The van der Waals surface area contributed by atoms with Crippen LogP contribution in [0, 0.1) is 17.8 Å². The summed E-state index contributed by atoms with van der Waals surface area (Å²) in [6, 6.07) is 4.62. The van der Waals surface area contributed by atoms with Gasteiger partial charge in [0.1, 0.15) is 0 Å². The SMILES string of the molecule is CC(C)C(CNc1ccc(N)cc1C(F)F)C(C)C. The minimum Gasteiger partial charge on any atom is -0.399 e. The second kappa shape index (κ2) is 6.73. The minimum absolute atomic E-state index is 0.0220. The van der Waals surface area contributed by atoms with Gasteiger partial charge in [-0.2, -0.15) is 0 Å². The van der Waals surface area contributed by atoms with E-state index in [1.165, 1.54) is 6.07 Å². The van der Waals surface area contributed by atoms with Crippen molar-refractivity contribution in [1.29, 1.82) is 0 Å². The van der Waals surface area contributed by atoms with Crippen molar-refractivity contribution in [3.8, 4) is 0 Å². The van der Waals surface area contributed by atoms with Gasteiger partial charge in [0.15, 0.2) is 0 Å². The molecular formula is C15H24F2N2. The molecule has 1 rings (SSSR count). The van der Waals surface area contributed by atoms with Crippen molar-refractivity contribution in [1.82, 2.24) is 0 Å². The molecular weight excluding hydrogens is 246 g/mol. The van der Waals surface area contributed by atoms with Crippen molar-refractivity contribution in [3.63, 3.8) is 0 Å². The molecule has 0 aliphatic heterocycles. The Bertz CT molecular complexity index is 395. The number of nitrogens with one attached hydrogen (secondary N) is 1. The van der Waals surface area contributed by atoms with E-state index in [9.17, 15) is 8.78 Å². The van der Waals surface area contributed by atoms with Gasteiger partial charge in [0.25, 0.3) is 6.43 Å². The Morgan fingerprint density at radius 1 is 1.11 bits per heavy atom. The summed E-state index contributed by atoms with van der Waals surface area (Å²) in [5, 5.41) is 3.15. The van der Waals surface area contributed by atoms with E-state index < -0.39 is 6.43 Å². The number of benzene rings is 1. The van der Waals surface area contributed by atoms with E-state index in [1.807, 2.05) is 0 Å². The Morgan fingerprint density at radius 2 is 1.68 bits per heavy atom. The van der Waals surface area contributed by atoms with E-state index in [1.54, 1.807) is 12.1 Å². The Kier molecular flexibility index (Phi) is 5.58. The zero-order valence-electron chi connectivity index (χ0n) is 12.1. The molecule has 108 valence electrons. The van der Waals surface area contributed by atoms with Crippen LogP contribution in [0.3, 0.4) is 0 Å². The van der Waals surface area contributed by atoms with Crippen molar-refractivity contribution in [3.05, 3.63) is 23.8 Å². The molecule has 19 heavy (non-hydrogen) atoms. The summed E-state index contributed by atoms with van der Waals surface area (Å²) in [6.45, 7) is 9.32. The third-order valence-electron chi connectivity index (χ3n) is 3.55. The largest absolute Gasteiger partial charge is 0.399 e. The molecule has 4 heteroatoms. The zero-order chi connectivity index (χ0) is 14.6. The van der Waals surface area contributed by atoms with Gasteiger partial charge >= 0.3 is 0 Å². The molecule has 2 nitrogen and oxygen atoms in total. The van der Waals surface area contributed by atoms with Crippen LogP contribution in [0.15, 0.2) is 18.2 Å². The second-order valence-corrected chi connectivity index (χ2v) is 5.68. The molecule has 0 amide bonds. The molecule has 3 N–H and O–H groups in total. The molecule has 0 saturated heterocycles. The van der Waals surface area contributed by atoms with E-state index in [4.69, 9.17) is 5.73 Å². The lowest BCUT2D eigenvalue weighted by molar-refractivity contribution is 0.152. The second-order valence-electron chi connectivity index (χ2n) is 5.68. The topological polar surface area (TPSA) is 38.0 Å². The standard InChI is InChI=1S/C15H24F2N2/c1-9(2)13(10(3)4)8-19-14-6-5-11(18)7-12(14)15(16)17/h5-7,9-10,13,15,19H,8,18H2,1-4H3. The molecule has 0 atom stereocenters. The van der Waals surface area contributed by atoms with Gasteiger partial charge in [-0.1, -0.05) is 27.7 Å². The zero-order valence-corrected chi connectivity index (χ0v) is 12.1. The lowest BCUT2D eigenvalue weighted by Gasteiger charge is -2.26. The van der Waals surface area contributed by atoms with Gasteiger partial charge in [-0.3, -0.25) is 0 Å². The van der Waals surface area contributed by atoms with Gasteiger partial charge in [-0.05, 0) is 36.0 Å². The summed E-state index contributed by atoms with van der Waals surface area (Å²) in [5.74, 6) is 1.47. The predicted molar refractivity (Wildman–Crippen MR) is 77.5 cm³/mol. The van der Waals surface area contributed by atoms with Gasteiger partial charge in [0.05, 0.1) is 0 Å². The number of hydrogen-bond donors (Lipinski definition) is 2. The monoisotopic (exact) mass is 270 g/mol. The first-order valence-electron chi connectivity index (χ1n) is 6.74. The highest BCUT2D eigenvalue weighted by atomic mass is 19.3. The molecule has 0 aromatic heterocycles. The highest BCUT2D eigenvalue weighted by molar-refractivity contribution is 5.58. The third kappa shape index (κ3) is 4.37. The summed E-state index contributed by atoms with van der Waals surface area (Å²) in [4.78, 5) is 0. The average molecular weight is 270 g/mol. The summed E-state index contributed by atoms with van der Waals surface area (Å²) in [6.07, 6.45) is -2.51. The third-order valence-corrected chi connectivity index (χ3v) is 3.55. The first-order valence-corrected chi connectivity index (χ1v) is 6.74. The van der Waals surface area contributed by atoms with Crippen LogP contribution in [0.25, 0.3) is 0 Å². The maximum absolute atomic E-state index is 13.0. The molecule has 0 heterocycles. The van der Waals surface area contributed by atoms with Crippen LogP contribution < -0.4 is 11.1 Å². The number of alkyl halides is 2. The fraction of sp³-hybridized carbons (Fsp3) is 0.600. The number of rotatable bonds is 6. The number of anilines is 2. The van der Waals surface area contributed by atoms with E-state index in [-0.39, 0.29) is 5.56 Å². The molecule has 0 saturated carbocycles. The van der Waals surface area contributed by atoms with E-state index in [2.05, 4.69) is 33.0 Å². The Balaban J connectivity index is 2.82. The molecule has 0 aliphatic rings. The van der Waals surface area contributed by atoms with Crippen molar-refractivity contribution in [2.24, 2.45) is 17.8 Å². The summed E-state index contributed by atoms with van der Waals surface area (Å²) in [5.41, 5.74) is 6.38. The molecule has 0 aliphatic carbocycles. The van der Waals surface area contributed by atoms with Crippen molar-refractivity contribution >= 4 is 11.4 Å². The number of nitrogens with two attached hydrogens (primary N) is 1. The van der Waals surface area contributed by atoms with Gasteiger partial charge in [-0.25, -0.2) is 8.78 Å². The van der Waals surface area contributed by atoms with Crippen LogP contribution in [0.5, 0.6) is 0 Å². The van der Waals surface area contributed by atoms with Gasteiger partial charge in [0, 0.05) is 23.5 Å². The average Bonchev–Trinajstić information content (AvgIpc) is 2.29. The van der Waals surface area contributed by atoms with Crippen LogP contribution in [0.4, 0.5) is 20.2 Å². The fourth-order valence-electron chi connectivity index (χ4n) is 2.39. The predicted octanol–water partition coefficient (Wildman–Crippen LogP) is 4.55. The maximum Gasteiger partial charge on any atom is 0.265 e. The normalized spacial score (nSPS) is 11.9. The van der Waals surface area contributed by atoms with Crippen LogP contribution in [0.1, 0.15) is 39.7 Å². The number of halogens is 2. The number of hydrogen-bond acceptors (Lipinski definition) is 2. The lowest BCUT2D eigenvalue weighted by Crippen LogP contribution is -2.24. The maximum atomic E-state index is 13.0. The first kappa shape index (κ1) is 15.7. The van der Waals surface area contributed by atoms with E-state index in [0.717, 1.165) is 0 Å². The Hall–Kier alpha value is -1.32. The van der Waals surface area contributed by atoms with Gasteiger partial charge in [0.2, 0.25) is 0 Å². The quantitative estimate of drug-likeness (QED) is 0.744. The lowest BCUT2D eigenvalue weighted by atomic mass is 9.85. The molecule has 0 spiro atoms. The summed E-state index contributed by atoms with van der Waals surface area (Å²) < 4.78 is 25.9. The summed E-state index contributed by atoms with van der Waals surface area (Å²) >= 11 is 0. The van der Waals surface area contributed by atoms with Crippen LogP contribution >= 0.6 is 0 Å². The highest BCUT2D eigenvalue weighted by Gasteiger charge is 2.19. The molecule has 0 unspecified atom stereocenters. The Morgan fingerprint density at radius 3 is 2.16 bits per heavy atom. The van der Waals surface area contributed by atoms with Crippen LogP contribution in [-0.4, -0.2) is 6.54 Å².